The molecule has 0 fully saturated rings. The van der Waals surface area contributed by atoms with Gasteiger partial charge in [0.2, 0.25) is 0 Å². The molecule has 0 aliphatic heterocycles. The highest BCUT2D eigenvalue weighted by atomic mass is 127. The third kappa shape index (κ3) is 6.76. The van der Waals surface area contributed by atoms with Gasteiger partial charge in [-0.15, -0.1) is 0 Å². The predicted molar refractivity (Wildman–Crippen MR) is 122 cm³/mol. The smallest absolute Gasteiger partial charge is 0.269 e. The van der Waals surface area contributed by atoms with E-state index >= 15 is 0 Å². The highest BCUT2D eigenvalue weighted by Crippen LogP contribution is 2.27. The Kier molecular flexibility index (Phi) is 8.73. The summed E-state index contributed by atoms with van der Waals surface area (Å²) < 4.78 is 12.1. The molecule has 0 radical (unpaired) electrons. The van der Waals surface area contributed by atoms with Crippen molar-refractivity contribution in [1.82, 2.24) is 16.2 Å². The molecule has 0 aromatic heterocycles. The van der Waals surface area contributed by atoms with E-state index in [4.69, 9.17) is 33.3 Å². The van der Waals surface area contributed by atoms with E-state index in [0.29, 0.717) is 22.1 Å². The molecule has 0 saturated heterocycles. The lowest BCUT2D eigenvalue weighted by Gasteiger charge is -2.12. The van der Waals surface area contributed by atoms with E-state index < -0.39 is 11.8 Å². The maximum atomic E-state index is 12.1. The fourth-order valence-electron chi connectivity index (χ4n) is 1.92. The fraction of sp³-hybridized carbons (Fsp3) is 0.118. The number of carbonyl (C=O) groups excluding carboxylic acids is 2. The van der Waals surface area contributed by atoms with E-state index in [-0.39, 0.29) is 11.7 Å². The van der Waals surface area contributed by atoms with Crippen LogP contribution in [0.2, 0.25) is 5.02 Å². The Morgan fingerprint density at radius 2 is 1.89 bits per heavy atom. The quantitative estimate of drug-likeness (QED) is 0.278. The van der Waals surface area contributed by atoms with E-state index in [1.54, 1.807) is 43.5 Å². The van der Waals surface area contributed by atoms with Crippen molar-refractivity contribution in [1.29, 1.82) is 0 Å². The van der Waals surface area contributed by atoms with Crippen LogP contribution in [0.1, 0.15) is 10.4 Å². The zero-order valence-electron chi connectivity index (χ0n) is 14.3. The van der Waals surface area contributed by atoms with Gasteiger partial charge in [0.05, 0.1) is 15.7 Å². The number of methoxy groups -OCH3 is 1. The Balaban J connectivity index is 1.79. The Bertz CT molecular complexity index is 916. The van der Waals surface area contributed by atoms with Crippen molar-refractivity contribution < 1.29 is 19.1 Å². The first kappa shape index (κ1) is 22.7. The zero-order chi connectivity index (χ0) is 20.7. The molecule has 2 aromatic rings. The van der Waals surface area contributed by atoms with Crippen LogP contribution in [-0.2, 0) is 4.79 Å². The Morgan fingerprint density at radius 3 is 2.54 bits per heavy atom. The number of rotatable bonds is 5. The van der Waals surface area contributed by atoms with Crippen LogP contribution in [0.4, 0.5) is 0 Å². The van der Waals surface area contributed by atoms with E-state index in [1.165, 1.54) is 0 Å². The Hall–Kier alpha value is -1.63. The van der Waals surface area contributed by atoms with Crippen LogP contribution < -0.4 is 25.6 Å². The SMILES string of the molecule is COc1ccc(C(=O)NNC(=S)NC(=O)COc2ccc(Br)cc2Cl)cc1I. The molecule has 0 heterocycles. The number of benzene rings is 2. The van der Waals surface area contributed by atoms with Gasteiger partial charge < -0.3 is 9.47 Å². The molecule has 0 saturated carbocycles. The molecule has 2 rings (SSSR count). The maximum Gasteiger partial charge on any atom is 0.269 e. The van der Waals surface area contributed by atoms with Crippen LogP contribution in [-0.4, -0.2) is 30.6 Å². The first-order valence-corrected chi connectivity index (χ1v) is 10.3. The van der Waals surface area contributed by atoms with Gasteiger partial charge in [-0.3, -0.25) is 25.8 Å². The summed E-state index contributed by atoms with van der Waals surface area (Å²) >= 11 is 16.3. The molecule has 0 spiro atoms. The van der Waals surface area contributed by atoms with Crippen molar-refractivity contribution >= 4 is 79.3 Å². The standard InChI is InChI=1S/C17H14BrClIN3O4S/c1-26-14-4-2-9(6-12(14)20)16(25)22-23-17(28)21-15(24)8-27-13-5-3-10(18)7-11(13)19/h2-7H,8H2,1H3,(H,22,25)(H2,21,23,24,28). The van der Waals surface area contributed by atoms with Crippen molar-refractivity contribution in [3.63, 3.8) is 0 Å². The molecule has 0 unspecified atom stereocenters. The molecule has 28 heavy (non-hydrogen) atoms. The molecule has 11 heteroatoms. The van der Waals surface area contributed by atoms with Crippen molar-refractivity contribution in [3.8, 4) is 11.5 Å². The molecule has 0 aliphatic rings. The number of hydrogen-bond acceptors (Lipinski definition) is 5. The first-order chi connectivity index (χ1) is 13.3. The predicted octanol–water partition coefficient (Wildman–Crippen LogP) is 3.43. The third-order valence-electron chi connectivity index (χ3n) is 3.21. The van der Waals surface area contributed by atoms with E-state index in [9.17, 15) is 9.59 Å². The van der Waals surface area contributed by atoms with Gasteiger partial charge in [0.25, 0.3) is 11.8 Å². The molecule has 3 N–H and O–H groups in total. The number of halogens is 3. The normalized spacial score (nSPS) is 10.0. The van der Waals surface area contributed by atoms with Gasteiger partial charge in [-0.2, -0.15) is 0 Å². The molecule has 0 aliphatic carbocycles. The van der Waals surface area contributed by atoms with E-state index in [1.807, 2.05) is 0 Å². The van der Waals surface area contributed by atoms with Gasteiger partial charge in [0.15, 0.2) is 11.7 Å². The molecule has 148 valence electrons. The molecular formula is C17H14BrClIN3O4S. The topological polar surface area (TPSA) is 88.7 Å². The van der Waals surface area contributed by atoms with Crippen LogP contribution in [0.5, 0.6) is 11.5 Å². The van der Waals surface area contributed by atoms with Gasteiger partial charge in [-0.25, -0.2) is 0 Å². The van der Waals surface area contributed by atoms with Crippen molar-refractivity contribution in [2.45, 2.75) is 0 Å². The van der Waals surface area contributed by atoms with Crippen LogP contribution in [0.25, 0.3) is 0 Å². The summed E-state index contributed by atoms with van der Waals surface area (Å²) in [5, 5.41) is 2.67. The first-order valence-electron chi connectivity index (χ1n) is 7.61. The second kappa shape index (κ2) is 10.8. The Labute approximate surface area is 193 Å². The lowest BCUT2D eigenvalue weighted by Crippen LogP contribution is -2.49. The summed E-state index contributed by atoms with van der Waals surface area (Å²) in [7, 11) is 1.55. The minimum atomic E-state index is -0.510. The average molecular weight is 599 g/mol. The minimum Gasteiger partial charge on any atom is -0.496 e. The summed E-state index contributed by atoms with van der Waals surface area (Å²) in [5.41, 5.74) is 5.26. The second-order valence-electron chi connectivity index (χ2n) is 5.17. The molecule has 7 nitrogen and oxygen atoms in total. The van der Waals surface area contributed by atoms with Gasteiger partial charge in [-0.1, -0.05) is 27.5 Å². The molecule has 0 bridgehead atoms. The number of ether oxygens (including phenoxy) is 2. The number of thiocarbonyl (C=S) groups is 1. The highest BCUT2D eigenvalue weighted by Gasteiger charge is 2.11. The number of hydrazine groups is 1. The summed E-state index contributed by atoms with van der Waals surface area (Å²) in [6.07, 6.45) is 0. The fourth-order valence-corrected chi connectivity index (χ4v) is 3.55. The monoisotopic (exact) mass is 597 g/mol. The van der Waals surface area contributed by atoms with Crippen LogP contribution in [0.3, 0.4) is 0 Å². The second-order valence-corrected chi connectivity index (χ2v) is 8.06. The number of hydrogen-bond donors (Lipinski definition) is 3. The number of carbonyl (C=O) groups is 2. The van der Waals surface area contributed by atoms with E-state index in [2.05, 4.69) is 54.7 Å². The molecular weight excluding hydrogens is 585 g/mol. The van der Waals surface area contributed by atoms with Crippen molar-refractivity contribution in [2.24, 2.45) is 0 Å². The highest BCUT2D eigenvalue weighted by molar-refractivity contribution is 14.1. The van der Waals surface area contributed by atoms with E-state index in [0.717, 1.165) is 8.04 Å². The minimum absolute atomic E-state index is 0.0768. The van der Waals surface area contributed by atoms with Crippen LogP contribution in [0.15, 0.2) is 40.9 Å². The van der Waals surface area contributed by atoms with Gasteiger partial charge in [0, 0.05) is 10.0 Å². The van der Waals surface area contributed by atoms with Crippen LogP contribution >= 0.6 is 62.3 Å². The lowest BCUT2D eigenvalue weighted by atomic mass is 10.2. The third-order valence-corrected chi connectivity index (χ3v) is 5.04. The average Bonchev–Trinajstić information content (AvgIpc) is 2.65. The molecule has 2 aromatic carbocycles. The number of amides is 2. The van der Waals surface area contributed by atoms with Crippen molar-refractivity contribution in [3.05, 3.63) is 55.0 Å². The Morgan fingerprint density at radius 1 is 1.18 bits per heavy atom. The maximum absolute atomic E-state index is 12.1. The lowest BCUT2D eigenvalue weighted by molar-refractivity contribution is -0.121. The van der Waals surface area contributed by atoms with Crippen LogP contribution in [0, 0.1) is 3.57 Å². The molecule has 0 atom stereocenters. The molecule has 2 amide bonds. The zero-order valence-corrected chi connectivity index (χ0v) is 19.7. The van der Waals surface area contributed by atoms with Gasteiger partial charge in [0.1, 0.15) is 11.5 Å². The summed E-state index contributed by atoms with van der Waals surface area (Å²) in [6, 6.07) is 9.97. The summed E-state index contributed by atoms with van der Waals surface area (Å²) in [5.74, 6) is 0.0971. The number of nitrogens with one attached hydrogen (secondary N) is 3. The summed E-state index contributed by atoms with van der Waals surface area (Å²) in [4.78, 5) is 24.0. The van der Waals surface area contributed by atoms with Gasteiger partial charge in [-0.05, 0) is 71.2 Å². The summed E-state index contributed by atoms with van der Waals surface area (Å²) in [6.45, 7) is -0.298. The largest absolute Gasteiger partial charge is 0.496 e. The van der Waals surface area contributed by atoms with Crippen molar-refractivity contribution in [2.75, 3.05) is 13.7 Å². The van der Waals surface area contributed by atoms with Gasteiger partial charge >= 0.3 is 0 Å².